The van der Waals surface area contributed by atoms with E-state index >= 15 is 0 Å². The second-order valence-electron chi connectivity index (χ2n) is 7.02. The summed E-state index contributed by atoms with van der Waals surface area (Å²) in [6.07, 6.45) is 0. The summed E-state index contributed by atoms with van der Waals surface area (Å²) in [6, 6.07) is 8.16. The van der Waals surface area contributed by atoms with Crippen LogP contribution in [-0.4, -0.2) is 66.8 Å². The third-order valence-electron chi connectivity index (χ3n) is 4.78. The molecule has 0 radical (unpaired) electrons. The maximum Gasteiger partial charge on any atom is 0.254 e. The van der Waals surface area contributed by atoms with Gasteiger partial charge in [-0.15, -0.1) is 0 Å². The number of halogens is 3. The molecule has 0 unspecified atom stereocenters. The van der Waals surface area contributed by atoms with Gasteiger partial charge in [-0.3, -0.25) is 19.3 Å². The molecule has 1 aliphatic heterocycles. The quantitative estimate of drug-likeness (QED) is 0.724. The van der Waals surface area contributed by atoms with E-state index in [0.29, 0.717) is 37.9 Å². The molecule has 0 bridgehead atoms. The van der Waals surface area contributed by atoms with Crippen LogP contribution in [0.15, 0.2) is 42.5 Å². The Hall–Kier alpha value is -3.40. The van der Waals surface area contributed by atoms with Crippen molar-refractivity contribution >= 4 is 23.4 Å². The zero-order valence-electron chi connectivity index (χ0n) is 16.5. The molecule has 7 nitrogen and oxygen atoms in total. The molecule has 1 fully saturated rings. The van der Waals surface area contributed by atoms with Crippen molar-refractivity contribution in [3.05, 3.63) is 65.5 Å². The molecule has 3 rings (SSSR count). The van der Waals surface area contributed by atoms with Crippen LogP contribution in [0.5, 0.6) is 0 Å². The highest BCUT2D eigenvalue weighted by atomic mass is 19.1. The minimum atomic E-state index is -1.00. The first-order valence-electron chi connectivity index (χ1n) is 9.60. The summed E-state index contributed by atoms with van der Waals surface area (Å²) in [5.74, 6) is -3.70. The maximum absolute atomic E-state index is 13.6. The van der Waals surface area contributed by atoms with Crippen LogP contribution in [0.25, 0.3) is 0 Å². The molecule has 0 spiro atoms. The van der Waals surface area contributed by atoms with E-state index < -0.39 is 23.4 Å². The zero-order valence-corrected chi connectivity index (χ0v) is 16.5. The van der Waals surface area contributed by atoms with Crippen molar-refractivity contribution in [3.63, 3.8) is 0 Å². The molecule has 2 N–H and O–H groups in total. The molecule has 1 saturated heterocycles. The van der Waals surface area contributed by atoms with Crippen LogP contribution in [0.4, 0.5) is 18.9 Å². The van der Waals surface area contributed by atoms with Crippen molar-refractivity contribution in [2.45, 2.75) is 0 Å². The molecule has 164 valence electrons. The predicted molar refractivity (Wildman–Crippen MR) is 107 cm³/mol. The highest BCUT2D eigenvalue weighted by Gasteiger charge is 2.23. The van der Waals surface area contributed by atoms with Gasteiger partial charge in [-0.05, 0) is 30.3 Å². The molecule has 0 atom stereocenters. The number of nitrogens with one attached hydrogen (secondary N) is 2. The fourth-order valence-corrected chi connectivity index (χ4v) is 3.16. The van der Waals surface area contributed by atoms with E-state index in [4.69, 9.17) is 0 Å². The van der Waals surface area contributed by atoms with Crippen LogP contribution in [0.3, 0.4) is 0 Å². The third kappa shape index (κ3) is 6.29. The minimum Gasteiger partial charge on any atom is -0.343 e. The van der Waals surface area contributed by atoms with Crippen molar-refractivity contribution in [2.75, 3.05) is 44.6 Å². The zero-order chi connectivity index (χ0) is 22.4. The van der Waals surface area contributed by atoms with Crippen LogP contribution >= 0.6 is 0 Å². The summed E-state index contributed by atoms with van der Waals surface area (Å²) < 4.78 is 39.7. The minimum absolute atomic E-state index is 0.0964. The van der Waals surface area contributed by atoms with E-state index in [1.54, 1.807) is 6.07 Å². The van der Waals surface area contributed by atoms with E-state index in [9.17, 15) is 27.6 Å². The highest BCUT2D eigenvalue weighted by Crippen LogP contribution is 2.11. The number of hydrogen-bond acceptors (Lipinski definition) is 4. The smallest absolute Gasteiger partial charge is 0.254 e. The van der Waals surface area contributed by atoms with Gasteiger partial charge in [0.15, 0.2) is 0 Å². The van der Waals surface area contributed by atoms with E-state index in [1.165, 1.54) is 23.1 Å². The molecule has 2 aromatic rings. The largest absolute Gasteiger partial charge is 0.343 e. The summed E-state index contributed by atoms with van der Waals surface area (Å²) in [4.78, 5) is 39.8. The highest BCUT2D eigenvalue weighted by molar-refractivity contribution is 5.96. The Labute approximate surface area is 176 Å². The standard InChI is InChI=1S/C21H21F3N4O3/c22-14-2-1-3-16(10-14)26-19(29)13-27-6-8-28(9-7-27)20(30)12-25-21(31)17-5-4-15(23)11-18(17)24/h1-5,10-11H,6-9,12-13H2,(H,25,31)(H,26,29). The normalized spacial score (nSPS) is 14.2. The van der Waals surface area contributed by atoms with Crippen molar-refractivity contribution in [1.82, 2.24) is 15.1 Å². The monoisotopic (exact) mass is 434 g/mol. The maximum atomic E-state index is 13.6. The van der Waals surface area contributed by atoms with Gasteiger partial charge in [0.2, 0.25) is 11.8 Å². The second kappa shape index (κ2) is 10.1. The lowest BCUT2D eigenvalue weighted by Crippen LogP contribution is -2.52. The van der Waals surface area contributed by atoms with Gasteiger partial charge < -0.3 is 15.5 Å². The van der Waals surface area contributed by atoms with E-state index in [0.717, 1.165) is 12.1 Å². The van der Waals surface area contributed by atoms with Gasteiger partial charge >= 0.3 is 0 Å². The van der Waals surface area contributed by atoms with Crippen LogP contribution < -0.4 is 10.6 Å². The van der Waals surface area contributed by atoms with Gasteiger partial charge in [-0.1, -0.05) is 6.07 Å². The topological polar surface area (TPSA) is 81.8 Å². The number of piperazine rings is 1. The summed E-state index contributed by atoms with van der Waals surface area (Å²) in [6.45, 7) is 1.38. The Morgan fingerprint density at radius 3 is 2.29 bits per heavy atom. The Kier molecular flexibility index (Phi) is 7.24. The molecule has 10 heteroatoms. The van der Waals surface area contributed by atoms with Crippen molar-refractivity contribution in [3.8, 4) is 0 Å². The Morgan fingerprint density at radius 2 is 1.61 bits per heavy atom. The summed E-state index contributed by atoms with van der Waals surface area (Å²) in [5, 5.41) is 4.95. The first-order chi connectivity index (χ1) is 14.8. The average molecular weight is 434 g/mol. The molecular weight excluding hydrogens is 413 g/mol. The van der Waals surface area contributed by atoms with Crippen LogP contribution in [0.1, 0.15) is 10.4 Å². The number of carbonyl (C=O) groups is 3. The lowest BCUT2D eigenvalue weighted by Gasteiger charge is -2.34. The van der Waals surface area contributed by atoms with E-state index in [-0.39, 0.29) is 30.5 Å². The Balaban J connectivity index is 1.41. The number of rotatable bonds is 6. The second-order valence-corrected chi connectivity index (χ2v) is 7.02. The first kappa shape index (κ1) is 22.3. The van der Waals surface area contributed by atoms with Gasteiger partial charge in [0.1, 0.15) is 17.5 Å². The van der Waals surface area contributed by atoms with Gasteiger partial charge in [-0.25, -0.2) is 13.2 Å². The Bertz CT molecular complexity index is 978. The molecule has 31 heavy (non-hydrogen) atoms. The molecule has 1 heterocycles. The van der Waals surface area contributed by atoms with Crippen molar-refractivity contribution < 1.29 is 27.6 Å². The number of nitrogens with zero attached hydrogens (tertiary/aromatic N) is 2. The molecule has 1 aliphatic rings. The lowest BCUT2D eigenvalue weighted by molar-refractivity contribution is -0.132. The van der Waals surface area contributed by atoms with Gasteiger partial charge in [-0.2, -0.15) is 0 Å². The molecule has 2 aromatic carbocycles. The van der Waals surface area contributed by atoms with Crippen molar-refractivity contribution in [1.29, 1.82) is 0 Å². The molecule has 0 aromatic heterocycles. The number of carbonyl (C=O) groups excluding carboxylic acids is 3. The first-order valence-corrected chi connectivity index (χ1v) is 9.60. The lowest BCUT2D eigenvalue weighted by atomic mass is 10.2. The summed E-state index contributed by atoms with van der Waals surface area (Å²) in [5.41, 5.74) is 0.0236. The van der Waals surface area contributed by atoms with Crippen LogP contribution in [0, 0.1) is 17.5 Å². The van der Waals surface area contributed by atoms with Gasteiger partial charge in [0.25, 0.3) is 5.91 Å². The van der Waals surface area contributed by atoms with Crippen LogP contribution in [0.2, 0.25) is 0 Å². The number of hydrogen-bond donors (Lipinski definition) is 2. The van der Waals surface area contributed by atoms with E-state index in [2.05, 4.69) is 10.6 Å². The summed E-state index contributed by atoms with van der Waals surface area (Å²) in [7, 11) is 0. The molecule has 0 aliphatic carbocycles. The SMILES string of the molecule is O=C(CN1CCN(C(=O)CNC(=O)c2ccc(F)cc2F)CC1)Nc1cccc(F)c1. The summed E-state index contributed by atoms with van der Waals surface area (Å²) >= 11 is 0. The van der Waals surface area contributed by atoms with Crippen LogP contribution in [-0.2, 0) is 9.59 Å². The number of benzene rings is 2. The van der Waals surface area contributed by atoms with Gasteiger partial charge in [0, 0.05) is 37.9 Å². The molecular formula is C21H21F3N4O3. The Morgan fingerprint density at radius 1 is 0.903 bits per heavy atom. The fraction of sp³-hybridized carbons (Fsp3) is 0.286. The third-order valence-corrected chi connectivity index (χ3v) is 4.78. The number of anilines is 1. The van der Waals surface area contributed by atoms with Gasteiger partial charge in [0.05, 0.1) is 18.7 Å². The molecule has 0 saturated carbocycles. The van der Waals surface area contributed by atoms with Crippen molar-refractivity contribution in [2.24, 2.45) is 0 Å². The average Bonchev–Trinajstić information content (AvgIpc) is 2.72. The predicted octanol–water partition coefficient (Wildman–Crippen LogP) is 1.62. The fourth-order valence-electron chi connectivity index (χ4n) is 3.16. The molecule has 3 amide bonds. The number of amides is 3. The van der Waals surface area contributed by atoms with E-state index in [1.807, 2.05) is 4.90 Å².